The molecule has 2 aromatic rings. The minimum absolute atomic E-state index is 0.116. The van der Waals surface area contributed by atoms with E-state index in [9.17, 15) is 14.7 Å². The number of thiazole rings is 1. The minimum atomic E-state index is -1.24. The molecule has 1 N–H and O–H groups in total. The summed E-state index contributed by atoms with van der Waals surface area (Å²) in [7, 11) is 0. The fraction of sp³-hybridized carbons (Fsp3) is 0.154. The van der Waals surface area contributed by atoms with E-state index in [1.165, 1.54) is 11.3 Å². The van der Waals surface area contributed by atoms with Gasteiger partial charge in [-0.3, -0.25) is 4.79 Å². The lowest BCUT2D eigenvalue weighted by Crippen LogP contribution is -2.24. The highest BCUT2D eigenvalue weighted by atomic mass is 79.9. The molecule has 0 aliphatic carbocycles. The predicted octanol–water partition coefficient (Wildman–Crippen LogP) is 2.04. The summed E-state index contributed by atoms with van der Waals surface area (Å²) in [5.41, 5.74) is 1.71. The van der Waals surface area contributed by atoms with Crippen LogP contribution in [0.3, 0.4) is 0 Å². The first-order chi connectivity index (χ1) is 9.54. The third kappa shape index (κ3) is 4.14. The zero-order chi connectivity index (χ0) is 14.5. The van der Waals surface area contributed by atoms with Crippen molar-refractivity contribution >= 4 is 44.3 Å². The van der Waals surface area contributed by atoms with Crippen molar-refractivity contribution in [3.05, 3.63) is 34.1 Å². The molecule has 0 radical (unpaired) electrons. The lowest BCUT2D eigenvalue weighted by Gasteiger charge is -2.02. The maximum atomic E-state index is 11.5. The van der Waals surface area contributed by atoms with Gasteiger partial charge in [-0.25, -0.2) is 4.98 Å². The van der Waals surface area contributed by atoms with E-state index in [0.29, 0.717) is 5.13 Å². The largest absolute Gasteiger partial charge is 0.550 e. The summed E-state index contributed by atoms with van der Waals surface area (Å²) >= 11 is 4.65. The number of amides is 1. The van der Waals surface area contributed by atoms with Crippen LogP contribution < -0.4 is 10.4 Å². The Labute approximate surface area is 127 Å². The van der Waals surface area contributed by atoms with Gasteiger partial charge in [-0.15, -0.1) is 11.3 Å². The zero-order valence-electron chi connectivity index (χ0n) is 10.3. The van der Waals surface area contributed by atoms with Gasteiger partial charge >= 0.3 is 0 Å². The minimum Gasteiger partial charge on any atom is -0.550 e. The van der Waals surface area contributed by atoms with Crippen LogP contribution in [0.1, 0.15) is 12.8 Å². The van der Waals surface area contributed by atoms with Crippen molar-refractivity contribution in [3.63, 3.8) is 0 Å². The van der Waals surface area contributed by atoms with Crippen molar-refractivity contribution in [3.8, 4) is 11.3 Å². The van der Waals surface area contributed by atoms with E-state index in [-0.39, 0.29) is 18.7 Å². The number of rotatable bonds is 5. The number of nitrogens with zero attached hydrogens (tertiary/aromatic N) is 1. The molecule has 1 aromatic carbocycles. The maximum absolute atomic E-state index is 11.5. The van der Waals surface area contributed by atoms with Crippen molar-refractivity contribution in [2.75, 3.05) is 5.32 Å². The highest BCUT2D eigenvalue weighted by Gasteiger charge is 2.08. The van der Waals surface area contributed by atoms with Crippen LogP contribution in [0.2, 0.25) is 0 Å². The summed E-state index contributed by atoms with van der Waals surface area (Å²) in [6, 6.07) is 7.65. The summed E-state index contributed by atoms with van der Waals surface area (Å²) < 4.78 is 0.979. The molecule has 0 aliphatic rings. The fourth-order valence-electron chi connectivity index (χ4n) is 1.48. The number of hydrogen-bond donors (Lipinski definition) is 1. The highest BCUT2D eigenvalue weighted by Crippen LogP contribution is 2.26. The standard InChI is InChI=1S/C13H11BrN2O3S/c14-9-3-1-8(2-4-9)10-7-20-13(15-10)16-11(17)5-6-12(18)19/h1-4,7H,5-6H2,(H,18,19)(H,15,16,17)/p-1. The van der Waals surface area contributed by atoms with Crippen LogP contribution in [0.25, 0.3) is 11.3 Å². The third-order valence-electron chi connectivity index (χ3n) is 2.45. The van der Waals surface area contributed by atoms with E-state index >= 15 is 0 Å². The van der Waals surface area contributed by atoms with E-state index in [1.807, 2.05) is 29.6 Å². The van der Waals surface area contributed by atoms with Crippen molar-refractivity contribution in [1.82, 2.24) is 4.98 Å². The van der Waals surface area contributed by atoms with Crippen molar-refractivity contribution in [2.24, 2.45) is 0 Å². The third-order valence-corrected chi connectivity index (χ3v) is 3.73. The second kappa shape index (κ2) is 6.62. The van der Waals surface area contributed by atoms with Gasteiger partial charge in [-0.1, -0.05) is 28.1 Å². The van der Waals surface area contributed by atoms with Crippen LogP contribution in [-0.2, 0) is 9.59 Å². The van der Waals surface area contributed by atoms with Crippen LogP contribution in [0.15, 0.2) is 34.1 Å². The smallest absolute Gasteiger partial charge is 0.226 e. The SMILES string of the molecule is O=C([O-])CCC(=O)Nc1nc(-c2ccc(Br)cc2)cs1. The number of aliphatic carboxylic acids is 1. The lowest BCUT2D eigenvalue weighted by atomic mass is 10.2. The van der Waals surface area contributed by atoms with Crippen LogP contribution in [0, 0.1) is 0 Å². The highest BCUT2D eigenvalue weighted by molar-refractivity contribution is 9.10. The van der Waals surface area contributed by atoms with E-state index in [2.05, 4.69) is 26.2 Å². The Balaban J connectivity index is 2.00. The maximum Gasteiger partial charge on any atom is 0.226 e. The monoisotopic (exact) mass is 353 g/mol. The van der Waals surface area contributed by atoms with Crippen LogP contribution in [-0.4, -0.2) is 16.9 Å². The second-order valence-electron chi connectivity index (χ2n) is 3.96. The first-order valence-corrected chi connectivity index (χ1v) is 7.43. The average Bonchev–Trinajstić information content (AvgIpc) is 2.85. The molecule has 104 valence electrons. The topological polar surface area (TPSA) is 82.1 Å². The van der Waals surface area contributed by atoms with Crippen molar-refractivity contribution in [2.45, 2.75) is 12.8 Å². The molecule has 0 unspecified atom stereocenters. The average molecular weight is 354 g/mol. The second-order valence-corrected chi connectivity index (χ2v) is 5.74. The summed E-state index contributed by atoms with van der Waals surface area (Å²) in [5.74, 6) is -1.62. The molecule has 2 rings (SSSR count). The van der Waals surface area contributed by atoms with Gasteiger partial charge < -0.3 is 15.2 Å². The molecule has 1 heterocycles. The normalized spacial score (nSPS) is 10.2. The summed E-state index contributed by atoms with van der Waals surface area (Å²) in [6.45, 7) is 0. The summed E-state index contributed by atoms with van der Waals surface area (Å²) in [5, 5.41) is 15.1. The number of halogens is 1. The molecule has 0 bridgehead atoms. The van der Waals surface area contributed by atoms with E-state index < -0.39 is 5.97 Å². The number of carbonyl (C=O) groups is 2. The van der Waals surface area contributed by atoms with Crippen LogP contribution in [0.5, 0.6) is 0 Å². The number of nitrogens with one attached hydrogen (secondary N) is 1. The molecular weight excluding hydrogens is 344 g/mol. The number of carbonyl (C=O) groups excluding carboxylic acids is 2. The molecule has 0 atom stereocenters. The molecule has 7 heteroatoms. The van der Waals surface area contributed by atoms with Gasteiger partial charge in [0.2, 0.25) is 5.91 Å². The summed E-state index contributed by atoms with van der Waals surface area (Å²) in [6.07, 6.45) is -0.410. The number of carboxylic acid groups (broad SMARTS) is 1. The van der Waals surface area contributed by atoms with Crippen molar-refractivity contribution in [1.29, 1.82) is 0 Å². The lowest BCUT2D eigenvalue weighted by molar-refractivity contribution is -0.305. The van der Waals surface area contributed by atoms with Gasteiger partial charge in [-0.2, -0.15) is 0 Å². The molecule has 0 saturated heterocycles. The Hall–Kier alpha value is -1.73. The molecule has 0 aliphatic heterocycles. The molecule has 0 fully saturated rings. The fourth-order valence-corrected chi connectivity index (χ4v) is 2.48. The van der Waals surface area contributed by atoms with Gasteiger partial charge in [0.05, 0.1) is 5.69 Å². The van der Waals surface area contributed by atoms with Gasteiger partial charge in [0.1, 0.15) is 0 Å². The molecular formula is C13H10BrN2O3S-. The van der Waals surface area contributed by atoms with Gasteiger partial charge in [0, 0.05) is 27.8 Å². The van der Waals surface area contributed by atoms with Crippen LogP contribution >= 0.6 is 27.3 Å². The Kier molecular flexibility index (Phi) is 4.86. The van der Waals surface area contributed by atoms with Gasteiger partial charge in [0.15, 0.2) is 5.13 Å². The number of hydrogen-bond acceptors (Lipinski definition) is 5. The first kappa shape index (κ1) is 14.7. The predicted molar refractivity (Wildman–Crippen MR) is 78.1 cm³/mol. The summed E-state index contributed by atoms with van der Waals surface area (Å²) in [4.78, 5) is 26.0. The molecule has 1 amide bonds. The first-order valence-electron chi connectivity index (χ1n) is 5.76. The molecule has 1 aromatic heterocycles. The Morgan fingerprint density at radius 3 is 2.60 bits per heavy atom. The Morgan fingerprint density at radius 1 is 1.25 bits per heavy atom. The zero-order valence-corrected chi connectivity index (χ0v) is 12.7. The van der Waals surface area contributed by atoms with Crippen LogP contribution in [0.4, 0.5) is 5.13 Å². The number of anilines is 1. The number of aromatic nitrogens is 1. The molecule has 20 heavy (non-hydrogen) atoms. The Bertz CT molecular complexity index is 625. The molecule has 0 saturated carbocycles. The van der Waals surface area contributed by atoms with Crippen molar-refractivity contribution < 1.29 is 14.7 Å². The quantitative estimate of drug-likeness (QED) is 0.891. The van der Waals surface area contributed by atoms with E-state index in [1.54, 1.807) is 0 Å². The molecule has 5 nitrogen and oxygen atoms in total. The molecule has 0 spiro atoms. The van der Waals surface area contributed by atoms with Gasteiger partial charge in [0.25, 0.3) is 0 Å². The van der Waals surface area contributed by atoms with Gasteiger partial charge in [-0.05, 0) is 18.6 Å². The number of carboxylic acids is 1. The Morgan fingerprint density at radius 2 is 1.95 bits per heavy atom. The van der Waals surface area contributed by atoms with E-state index in [0.717, 1.165) is 15.7 Å². The van der Waals surface area contributed by atoms with E-state index in [4.69, 9.17) is 0 Å². The number of benzene rings is 1.